The van der Waals surface area contributed by atoms with Gasteiger partial charge in [-0.05, 0) is 45.6 Å². The number of halogens is 1. The van der Waals surface area contributed by atoms with Gasteiger partial charge in [0.05, 0.1) is 24.8 Å². The Morgan fingerprint density at radius 1 is 1.23 bits per heavy atom. The van der Waals surface area contributed by atoms with Gasteiger partial charge in [-0.15, -0.1) is 24.0 Å². The Labute approximate surface area is 151 Å². The second-order valence-corrected chi connectivity index (χ2v) is 6.48. The highest BCUT2D eigenvalue weighted by atomic mass is 127. The number of nitrogens with zero attached hydrogens (tertiary/aromatic N) is 2. The van der Waals surface area contributed by atoms with E-state index in [1.54, 1.807) is 0 Å². The van der Waals surface area contributed by atoms with Crippen molar-refractivity contribution in [1.29, 1.82) is 0 Å². The Balaban J connectivity index is 0.00000176. The van der Waals surface area contributed by atoms with Crippen molar-refractivity contribution in [2.24, 2.45) is 4.99 Å². The highest BCUT2D eigenvalue weighted by Crippen LogP contribution is 2.34. The first-order valence-electron chi connectivity index (χ1n) is 8.74. The molecular weight excluding hydrogens is 391 g/mol. The van der Waals surface area contributed by atoms with E-state index in [4.69, 9.17) is 9.73 Å². The Bertz CT molecular complexity index is 375. The first-order valence-corrected chi connectivity index (χ1v) is 8.74. The summed E-state index contributed by atoms with van der Waals surface area (Å²) in [7, 11) is 0. The summed E-state index contributed by atoms with van der Waals surface area (Å²) in [6, 6.07) is 1.28. The Morgan fingerprint density at radius 2 is 2.05 bits per heavy atom. The van der Waals surface area contributed by atoms with Crippen LogP contribution in [0.25, 0.3) is 0 Å². The van der Waals surface area contributed by atoms with E-state index in [2.05, 4.69) is 29.4 Å². The van der Waals surface area contributed by atoms with Crippen LogP contribution in [0.5, 0.6) is 0 Å². The maximum atomic E-state index is 5.91. The van der Waals surface area contributed by atoms with E-state index in [-0.39, 0.29) is 24.0 Å². The first kappa shape index (κ1) is 18.3. The summed E-state index contributed by atoms with van der Waals surface area (Å²) in [5.74, 6) is 0.963. The molecule has 3 fully saturated rings. The molecule has 0 aromatic rings. The summed E-state index contributed by atoms with van der Waals surface area (Å²) in [6.45, 7) is 8.37. The number of likely N-dealkylation sites (N-methyl/N-ethyl adjacent to an activating group) is 1. The van der Waals surface area contributed by atoms with Crippen LogP contribution in [-0.4, -0.2) is 61.3 Å². The summed E-state index contributed by atoms with van der Waals surface area (Å²) in [4.78, 5) is 7.30. The molecule has 2 N–H and O–H groups in total. The van der Waals surface area contributed by atoms with Crippen molar-refractivity contribution in [3.63, 3.8) is 0 Å². The van der Waals surface area contributed by atoms with Gasteiger partial charge in [-0.3, -0.25) is 9.89 Å². The van der Waals surface area contributed by atoms with Crippen molar-refractivity contribution in [3.05, 3.63) is 0 Å². The molecule has 6 heteroatoms. The van der Waals surface area contributed by atoms with Gasteiger partial charge >= 0.3 is 0 Å². The fourth-order valence-corrected chi connectivity index (χ4v) is 3.61. The third-order valence-corrected chi connectivity index (χ3v) is 4.90. The summed E-state index contributed by atoms with van der Waals surface area (Å²) in [5.41, 5.74) is 0. The van der Waals surface area contributed by atoms with Crippen LogP contribution in [0.3, 0.4) is 0 Å². The molecule has 3 aliphatic rings. The maximum Gasteiger partial charge on any atom is 0.191 e. The van der Waals surface area contributed by atoms with Crippen LogP contribution in [0.4, 0.5) is 0 Å². The number of hydrogen-bond donors (Lipinski definition) is 2. The molecule has 0 spiro atoms. The minimum atomic E-state index is 0. The number of hydrogen-bond acceptors (Lipinski definition) is 3. The van der Waals surface area contributed by atoms with Gasteiger partial charge < -0.3 is 15.4 Å². The predicted octanol–water partition coefficient (Wildman–Crippen LogP) is 1.96. The van der Waals surface area contributed by atoms with E-state index in [0.29, 0.717) is 18.2 Å². The van der Waals surface area contributed by atoms with Gasteiger partial charge in [-0.1, -0.05) is 6.92 Å². The van der Waals surface area contributed by atoms with Crippen LogP contribution < -0.4 is 10.6 Å². The standard InChI is InChI=1S/C16H30N4O.HI/c1-3-17-16(18-9-10-20(4-2)12-5-6-12)19-14-11-13-7-8-15(14)21-13;/h12-15H,3-11H2,1-2H3,(H2,17,18,19);1H. The van der Waals surface area contributed by atoms with Gasteiger partial charge in [0.25, 0.3) is 0 Å². The number of guanidine groups is 1. The smallest absolute Gasteiger partial charge is 0.191 e. The molecule has 2 bridgehead atoms. The largest absolute Gasteiger partial charge is 0.373 e. The molecule has 0 amide bonds. The van der Waals surface area contributed by atoms with Gasteiger partial charge in [-0.2, -0.15) is 0 Å². The van der Waals surface area contributed by atoms with Crippen LogP contribution in [0, 0.1) is 0 Å². The van der Waals surface area contributed by atoms with Gasteiger partial charge in [-0.25, -0.2) is 0 Å². The molecule has 2 aliphatic heterocycles. The number of nitrogens with one attached hydrogen (secondary N) is 2. The van der Waals surface area contributed by atoms with Crippen LogP contribution in [-0.2, 0) is 4.74 Å². The SMILES string of the molecule is CCNC(=NCCN(CC)C1CC1)NC1CC2CCC1O2.I. The lowest BCUT2D eigenvalue weighted by Crippen LogP contribution is -2.47. The van der Waals surface area contributed by atoms with Crippen molar-refractivity contribution in [1.82, 2.24) is 15.5 Å². The molecule has 1 aliphatic carbocycles. The lowest BCUT2D eigenvalue weighted by Gasteiger charge is -2.23. The number of rotatable bonds is 7. The first-order chi connectivity index (χ1) is 10.3. The lowest BCUT2D eigenvalue weighted by atomic mass is 9.96. The molecule has 128 valence electrons. The third kappa shape index (κ3) is 4.71. The fraction of sp³-hybridized carbons (Fsp3) is 0.938. The van der Waals surface area contributed by atoms with Crippen molar-refractivity contribution in [3.8, 4) is 0 Å². The second kappa shape index (κ2) is 8.68. The van der Waals surface area contributed by atoms with Gasteiger partial charge in [0.2, 0.25) is 0 Å². The third-order valence-electron chi connectivity index (χ3n) is 4.90. The number of ether oxygens (including phenoxy) is 1. The quantitative estimate of drug-likeness (QED) is 0.374. The molecule has 3 rings (SSSR count). The molecule has 2 heterocycles. The van der Waals surface area contributed by atoms with Crippen molar-refractivity contribution in [2.75, 3.05) is 26.2 Å². The monoisotopic (exact) mass is 422 g/mol. The molecule has 0 aromatic heterocycles. The van der Waals surface area contributed by atoms with E-state index < -0.39 is 0 Å². The molecule has 1 saturated carbocycles. The van der Waals surface area contributed by atoms with Crippen LogP contribution in [0.2, 0.25) is 0 Å². The number of fused-ring (bicyclic) bond motifs is 2. The Hall–Kier alpha value is -0.0800. The Kier molecular flexibility index (Phi) is 7.21. The van der Waals surface area contributed by atoms with Crippen molar-refractivity contribution >= 4 is 29.9 Å². The minimum absolute atomic E-state index is 0. The zero-order chi connectivity index (χ0) is 14.7. The summed E-state index contributed by atoms with van der Waals surface area (Å²) < 4.78 is 5.91. The van der Waals surface area contributed by atoms with Crippen molar-refractivity contribution < 1.29 is 4.74 Å². The average Bonchev–Trinajstić information content (AvgIpc) is 3.12. The molecule has 22 heavy (non-hydrogen) atoms. The van der Waals surface area contributed by atoms with Crippen LogP contribution in [0.15, 0.2) is 4.99 Å². The van der Waals surface area contributed by atoms with E-state index >= 15 is 0 Å². The summed E-state index contributed by atoms with van der Waals surface area (Å²) in [6.07, 6.45) is 7.21. The molecule has 0 radical (unpaired) electrons. The van der Waals surface area contributed by atoms with E-state index in [0.717, 1.165) is 44.6 Å². The Morgan fingerprint density at radius 3 is 2.59 bits per heavy atom. The summed E-state index contributed by atoms with van der Waals surface area (Å²) in [5, 5.41) is 6.95. The highest BCUT2D eigenvalue weighted by molar-refractivity contribution is 14.0. The van der Waals surface area contributed by atoms with Crippen LogP contribution >= 0.6 is 24.0 Å². The van der Waals surface area contributed by atoms with Crippen molar-refractivity contribution in [2.45, 2.75) is 70.2 Å². The predicted molar refractivity (Wildman–Crippen MR) is 101 cm³/mol. The minimum Gasteiger partial charge on any atom is -0.373 e. The zero-order valence-corrected chi connectivity index (χ0v) is 16.2. The number of aliphatic imine (C=N–C) groups is 1. The lowest BCUT2D eigenvalue weighted by molar-refractivity contribution is 0.0992. The van der Waals surface area contributed by atoms with E-state index in [9.17, 15) is 0 Å². The van der Waals surface area contributed by atoms with Gasteiger partial charge in [0.15, 0.2) is 5.96 Å². The highest BCUT2D eigenvalue weighted by Gasteiger charge is 2.41. The average molecular weight is 422 g/mol. The zero-order valence-electron chi connectivity index (χ0n) is 13.9. The van der Waals surface area contributed by atoms with E-state index in [1.807, 2.05) is 0 Å². The molecule has 0 aromatic carbocycles. The van der Waals surface area contributed by atoms with Gasteiger partial charge in [0.1, 0.15) is 0 Å². The maximum absolute atomic E-state index is 5.91. The van der Waals surface area contributed by atoms with E-state index in [1.165, 1.54) is 25.7 Å². The molecule has 2 saturated heterocycles. The molecular formula is C16H31IN4O. The summed E-state index contributed by atoms with van der Waals surface area (Å²) >= 11 is 0. The fourth-order valence-electron chi connectivity index (χ4n) is 3.61. The molecule has 3 unspecified atom stereocenters. The molecule has 3 atom stereocenters. The van der Waals surface area contributed by atoms with Crippen LogP contribution in [0.1, 0.15) is 46.0 Å². The topological polar surface area (TPSA) is 48.9 Å². The van der Waals surface area contributed by atoms with Gasteiger partial charge in [0, 0.05) is 19.1 Å². The normalized spacial score (nSPS) is 30.5. The molecule has 5 nitrogen and oxygen atoms in total. The second-order valence-electron chi connectivity index (χ2n) is 6.48.